The van der Waals surface area contributed by atoms with Crippen molar-refractivity contribution in [3.8, 4) is 6.07 Å². The summed E-state index contributed by atoms with van der Waals surface area (Å²) in [5, 5.41) is 18.7. The van der Waals surface area contributed by atoms with E-state index in [2.05, 4.69) is 11.9 Å². The van der Waals surface area contributed by atoms with Crippen molar-refractivity contribution in [3.05, 3.63) is 29.6 Å². The van der Waals surface area contributed by atoms with Gasteiger partial charge in [0.25, 0.3) is 0 Å². The van der Waals surface area contributed by atoms with Gasteiger partial charge in [-0.05, 0) is 36.8 Å². The molecule has 1 aromatic heterocycles. The zero-order valence-electron chi connectivity index (χ0n) is 8.72. The molecule has 1 aliphatic carbocycles. The molecule has 1 unspecified atom stereocenters. The summed E-state index contributed by atoms with van der Waals surface area (Å²) in [5.74, 6) is 1.03. The Hall–Kier alpha value is -1.40. The van der Waals surface area contributed by atoms with Crippen LogP contribution in [-0.2, 0) is 0 Å². The molecular formula is C12H14N2O. The molecule has 0 spiro atoms. The van der Waals surface area contributed by atoms with Gasteiger partial charge in [0.15, 0.2) is 0 Å². The van der Waals surface area contributed by atoms with E-state index in [1.807, 2.05) is 6.07 Å². The predicted octanol–water partition coefficient (Wildman–Crippen LogP) is 2.03. The third-order valence-electron chi connectivity index (χ3n) is 3.04. The summed E-state index contributed by atoms with van der Waals surface area (Å²) in [4.78, 5) is 4.11. The van der Waals surface area contributed by atoms with Crippen LogP contribution < -0.4 is 0 Å². The van der Waals surface area contributed by atoms with Crippen LogP contribution in [0, 0.1) is 23.2 Å². The number of hydrogen-bond acceptors (Lipinski definition) is 3. The zero-order valence-corrected chi connectivity index (χ0v) is 8.72. The fourth-order valence-corrected chi connectivity index (χ4v) is 2.14. The third-order valence-corrected chi connectivity index (χ3v) is 3.04. The van der Waals surface area contributed by atoms with E-state index in [0.29, 0.717) is 23.2 Å². The molecule has 2 rings (SSSR count). The maximum atomic E-state index is 10.0. The van der Waals surface area contributed by atoms with Gasteiger partial charge in [0, 0.05) is 0 Å². The molecule has 3 nitrogen and oxygen atoms in total. The second-order valence-electron chi connectivity index (χ2n) is 4.34. The van der Waals surface area contributed by atoms with Gasteiger partial charge in [-0.3, -0.25) is 0 Å². The number of nitriles is 1. The van der Waals surface area contributed by atoms with E-state index in [1.165, 1.54) is 0 Å². The van der Waals surface area contributed by atoms with Crippen LogP contribution in [0.5, 0.6) is 0 Å². The molecule has 0 radical (unpaired) electrons. The molecule has 0 aromatic carbocycles. The van der Waals surface area contributed by atoms with Gasteiger partial charge < -0.3 is 5.11 Å². The van der Waals surface area contributed by atoms with Crippen molar-refractivity contribution in [2.75, 3.05) is 0 Å². The van der Waals surface area contributed by atoms with E-state index in [0.717, 1.165) is 12.8 Å². The van der Waals surface area contributed by atoms with Gasteiger partial charge in [-0.15, -0.1) is 0 Å². The average molecular weight is 202 g/mol. The fraction of sp³-hybridized carbons (Fsp3) is 0.500. The first kappa shape index (κ1) is 10.1. The summed E-state index contributed by atoms with van der Waals surface area (Å²) in [6, 6.07) is 7.19. The Bertz CT molecular complexity index is 391. The van der Waals surface area contributed by atoms with Crippen molar-refractivity contribution in [1.29, 1.82) is 5.26 Å². The highest BCUT2D eigenvalue weighted by Gasteiger charge is 2.32. The Labute approximate surface area is 89.4 Å². The van der Waals surface area contributed by atoms with Crippen LogP contribution in [0.2, 0.25) is 0 Å². The smallest absolute Gasteiger partial charge is 0.140 e. The SMILES string of the molecule is CC1CC(C(O)c2cccc(C#N)n2)C1. The lowest BCUT2D eigenvalue weighted by Crippen LogP contribution is -2.27. The highest BCUT2D eigenvalue weighted by Crippen LogP contribution is 2.41. The molecule has 3 heteroatoms. The minimum absolute atomic E-state index is 0.321. The summed E-state index contributed by atoms with van der Waals surface area (Å²) >= 11 is 0. The quantitative estimate of drug-likeness (QED) is 0.798. The van der Waals surface area contributed by atoms with E-state index < -0.39 is 6.10 Å². The van der Waals surface area contributed by atoms with Crippen LogP contribution in [0.25, 0.3) is 0 Å². The molecule has 1 aliphatic rings. The van der Waals surface area contributed by atoms with Gasteiger partial charge in [0.1, 0.15) is 11.8 Å². The lowest BCUT2D eigenvalue weighted by atomic mass is 9.72. The Kier molecular flexibility index (Phi) is 2.70. The molecule has 1 aromatic rings. The largest absolute Gasteiger partial charge is 0.387 e. The molecule has 0 amide bonds. The molecule has 0 bridgehead atoms. The maximum absolute atomic E-state index is 10.0. The van der Waals surface area contributed by atoms with Crippen molar-refractivity contribution in [2.45, 2.75) is 25.9 Å². The molecule has 78 valence electrons. The lowest BCUT2D eigenvalue weighted by molar-refractivity contribution is 0.0295. The number of hydrogen-bond donors (Lipinski definition) is 1. The van der Waals surface area contributed by atoms with Crippen LogP contribution in [0.3, 0.4) is 0 Å². The first-order chi connectivity index (χ1) is 7.20. The van der Waals surface area contributed by atoms with Crippen molar-refractivity contribution < 1.29 is 5.11 Å². The molecule has 0 aliphatic heterocycles. The number of aromatic nitrogens is 1. The maximum Gasteiger partial charge on any atom is 0.140 e. The summed E-state index contributed by atoms with van der Waals surface area (Å²) in [6.45, 7) is 2.18. The number of nitrogens with zero attached hydrogens (tertiary/aromatic N) is 2. The lowest BCUT2D eigenvalue weighted by Gasteiger charge is -2.35. The highest BCUT2D eigenvalue weighted by atomic mass is 16.3. The van der Waals surface area contributed by atoms with Crippen molar-refractivity contribution in [2.24, 2.45) is 11.8 Å². The van der Waals surface area contributed by atoms with Crippen molar-refractivity contribution >= 4 is 0 Å². The second-order valence-corrected chi connectivity index (χ2v) is 4.34. The summed E-state index contributed by atoms with van der Waals surface area (Å²) in [7, 11) is 0. The molecule has 1 N–H and O–H groups in total. The second kappa shape index (κ2) is 4.00. The Balaban J connectivity index is 2.12. The molecule has 15 heavy (non-hydrogen) atoms. The monoisotopic (exact) mass is 202 g/mol. The van der Waals surface area contributed by atoms with Crippen LogP contribution >= 0.6 is 0 Å². The zero-order chi connectivity index (χ0) is 10.8. The van der Waals surface area contributed by atoms with Crippen LogP contribution in [-0.4, -0.2) is 10.1 Å². The minimum Gasteiger partial charge on any atom is -0.387 e. The topological polar surface area (TPSA) is 56.9 Å². The number of aliphatic hydroxyl groups excluding tert-OH is 1. The van der Waals surface area contributed by atoms with Gasteiger partial charge in [-0.25, -0.2) is 4.98 Å². The fourth-order valence-electron chi connectivity index (χ4n) is 2.14. The number of rotatable bonds is 2. The van der Waals surface area contributed by atoms with E-state index in [1.54, 1.807) is 18.2 Å². The van der Waals surface area contributed by atoms with Gasteiger partial charge >= 0.3 is 0 Å². The molecule has 1 atom stereocenters. The van der Waals surface area contributed by atoms with Crippen LogP contribution in [0.4, 0.5) is 0 Å². The summed E-state index contributed by atoms with van der Waals surface area (Å²) < 4.78 is 0. The first-order valence-electron chi connectivity index (χ1n) is 5.26. The Morgan fingerprint density at radius 3 is 2.87 bits per heavy atom. The van der Waals surface area contributed by atoms with E-state index in [-0.39, 0.29) is 0 Å². The highest BCUT2D eigenvalue weighted by molar-refractivity contribution is 5.23. The Morgan fingerprint density at radius 2 is 2.27 bits per heavy atom. The first-order valence-corrected chi connectivity index (χ1v) is 5.26. The molecule has 0 saturated heterocycles. The van der Waals surface area contributed by atoms with Gasteiger partial charge in [-0.2, -0.15) is 5.26 Å². The van der Waals surface area contributed by atoms with Crippen molar-refractivity contribution in [1.82, 2.24) is 4.98 Å². The molecule has 1 heterocycles. The molecule has 1 saturated carbocycles. The van der Waals surface area contributed by atoms with E-state index >= 15 is 0 Å². The van der Waals surface area contributed by atoms with Gasteiger partial charge in [-0.1, -0.05) is 13.0 Å². The van der Waals surface area contributed by atoms with E-state index in [9.17, 15) is 5.11 Å². The van der Waals surface area contributed by atoms with Gasteiger partial charge in [0.2, 0.25) is 0 Å². The van der Waals surface area contributed by atoms with Gasteiger partial charge in [0.05, 0.1) is 11.8 Å². The third kappa shape index (κ3) is 2.00. The van der Waals surface area contributed by atoms with Crippen molar-refractivity contribution in [3.63, 3.8) is 0 Å². The number of aliphatic hydroxyl groups is 1. The molecule has 1 fully saturated rings. The number of pyridine rings is 1. The normalized spacial score (nSPS) is 26.5. The molecular weight excluding hydrogens is 188 g/mol. The minimum atomic E-state index is -0.505. The standard InChI is InChI=1S/C12H14N2O/c1-8-5-9(6-8)12(15)11-4-2-3-10(7-13)14-11/h2-4,8-9,12,15H,5-6H2,1H3. The van der Waals surface area contributed by atoms with Crippen LogP contribution in [0.15, 0.2) is 18.2 Å². The van der Waals surface area contributed by atoms with Crippen LogP contribution in [0.1, 0.15) is 37.3 Å². The Morgan fingerprint density at radius 1 is 1.53 bits per heavy atom. The predicted molar refractivity (Wildman–Crippen MR) is 55.8 cm³/mol. The van der Waals surface area contributed by atoms with E-state index in [4.69, 9.17) is 5.26 Å². The summed E-state index contributed by atoms with van der Waals surface area (Å²) in [5.41, 5.74) is 1.00. The summed E-state index contributed by atoms with van der Waals surface area (Å²) in [6.07, 6.45) is 1.61. The average Bonchev–Trinajstić information content (AvgIpc) is 2.24.